The summed E-state index contributed by atoms with van der Waals surface area (Å²) in [5.41, 5.74) is 3.46. The lowest BCUT2D eigenvalue weighted by molar-refractivity contribution is -0.136. The van der Waals surface area contributed by atoms with E-state index in [1.54, 1.807) is 11.7 Å². The molecule has 0 aliphatic rings. The van der Waals surface area contributed by atoms with Gasteiger partial charge in [0.1, 0.15) is 0 Å². The van der Waals surface area contributed by atoms with Gasteiger partial charge in [-0.25, -0.2) is 0 Å². The number of carboxylic acids is 1. The van der Waals surface area contributed by atoms with Crippen molar-refractivity contribution in [2.24, 2.45) is 7.05 Å². The number of hydrogen-bond donors (Lipinski definition) is 2. The standard InChI is InChI=1S/C14H13N3O2/c1-17-8-11(13(16-17)6-14(18)19)10-7-15-12-5-3-2-4-9(10)12/h2-5,7-8,15H,6H2,1H3,(H,18,19). The number of aromatic nitrogens is 3. The maximum Gasteiger partial charge on any atom is 0.309 e. The maximum absolute atomic E-state index is 10.9. The van der Waals surface area contributed by atoms with Gasteiger partial charge in [0, 0.05) is 41.5 Å². The van der Waals surface area contributed by atoms with Crippen LogP contribution in [0.5, 0.6) is 0 Å². The molecule has 0 aliphatic heterocycles. The highest BCUT2D eigenvalue weighted by Gasteiger charge is 2.15. The third kappa shape index (κ3) is 1.99. The summed E-state index contributed by atoms with van der Waals surface area (Å²) in [5, 5.41) is 14.3. The van der Waals surface area contributed by atoms with Crippen molar-refractivity contribution in [2.45, 2.75) is 6.42 Å². The van der Waals surface area contributed by atoms with Crippen LogP contribution >= 0.6 is 0 Å². The van der Waals surface area contributed by atoms with Crippen LogP contribution in [-0.4, -0.2) is 25.8 Å². The van der Waals surface area contributed by atoms with Crippen molar-refractivity contribution in [3.63, 3.8) is 0 Å². The van der Waals surface area contributed by atoms with E-state index in [1.807, 2.05) is 36.7 Å². The Bertz CT molecular complexity index is 755. The molecule has 0 aliphatic carbocycles. The molecule has 0 amide bonds. The van der Waals surface area contributed by atoms with E-state index in [2.05, 4.69) is 10.1 Å². The maximum atomic E-state index is 10.9. The summed E-state index contributed by atoms with van der Waals surface area (Å²) in [6, 6.07) is 7.93. The number of nitrogens with zero attached hydrogens (tertiary/aromatic N) is 2. The average molecular weight is 255 g/mol. The third-order valence-corrected chi connectivity index (χ3v) is 3.10. The predicted octanol–water partition coefficient (Wildman–Crippen LogP) is 2.20. The monoisotopic (exact) mass is 255 g/mol. The van der Waals surface area contributed by atoms with Crippen molar-refractivity contribution in [1.82, 2.24) is 14.8 Å². The first-order valence-electron chi connectivity index (χ1n) is 5.96. The second-order valence-electron chi connectivity index (χ2n) is 4.48. The smallest absolute Gasteiger partial charge is 0.309 e. The van der Waals surface area contributed by atoms with Crippen LogP contribution < -0.4 is 0 Å². The van der Waals surface area contributed by atoms with Crippen molar-refractivity contribution >= 4 is 16.9 Å². The number of benzene rings is 1. The van der Waals surface area contributed by atoms with E-state index in [4.69, 9.17) is 5.11 Å². The second kappa shape index (κ2) is 4.28. The number of carboxylic acid groups (broad SMARTS) is 1. The largest absolute Gasteiger partial charge is 0.481 e. The zero-order chi connectivity index (χ0) is 13.4. The van der Waals surface area contributed by atoms with Crippen LogP contribution in [-0.2, 0) is 18.3 Å². The molecule has 0 unspecified atom stereocenters. The number of para-hydroxylation sites is 1. The molecule has 2 N–H and O–H groups in total. The van der Waals surface area contributed by atoms with E-state index in [0.717, 1.165) is 22.0 Å². The number of nitrogens with one attached hydrogen (secondary N) is 1. The van der Waals surface area contributed by atoms with Crippen LogP contribution in [0.2, 0.25) is 0 Å². The molecule has 3 rings (SSSR count). The number of aryl methyl sites for hydroxylation is 1. The molecule has 1 aromatic carbocycles. The highest BCUT2D eigenvalue weighted by molar-refractivity contribution is 5.96. The Hall–Kier alpha value is -2.56. The summed E-state index contributed by atoms with van der Waals surface area (Å²) in [6.45, 7) is 0. The predicted molar refractivity (Wildman–Crippen MR) is 71.8 cm³/mol. The Balaban J connectivity index is 2.18. The third-order valence-electron chi connectivity index (χ3n) is 3.10. The van der Waals surface area contributed by atoms with Crippen LogP contribution in [0, 0.1) is 0 Å². The summed E-state index contributed by atoms with van der Waals surface area (Å²) in [5.74, 6) is -0.875. The lowest BCUT2D eigenvalue weighted by atomic mass is 10.0. The van der Waals surface area contributed by atoms with Crippen LogP contribution in [0.1, 0.15) is 5.69 Å². The Morgan fingerprint density at radius 2 is 2.16 bits per heavy atom. The molecule has 0 saturated carbocycles. The van der Waals surface area contributed by atoms with Crippen molar-refractivity contribution < 1.29 is 9.90 Å². The van der Waals surface area contributed by atoms with Crippen LogP contribution in [0.25, 0.3) is 22.0 Å². The molecule has 5 nitrogen and oxygen atoms in total. The molecular weight excluding hydrogens is 242 g/mol. The molecule has 0 bridgehead atoms. The summed E-state index contributed by atoms with van der Waals surface area (Å²) in [7, 11) is 1.80. The van der Waals surface area contributed by atoms with Crippen LogP contribution in [0.3, 0.4) is 0 Å². The highest BCUT2D eigenvalue weighted by Crippen LogP contribution is 2.30. The molecule has 0 atom stereocenters. The zero-order valence-corrected chi connectivity index (χ0v) is 10.4. The molecule has 2 heterocycles. The fraction of sp³-hybridized carbons (Fsp3) is 0.143. The quantitative estimate of drug-likeness (QED) is 0.753. The Labute approximate surface area is 109 Å². The minimum Gasteiger partial charge on any atom is -0.481 e. The fourth-order valence-corrected chi connectivity index (χ4v) is 2.33. The van der Waals surface area contributed by atoms with Gasteiger partial charge in [-0.2, -0.15) is 5.10 Å². The first-order valence-corrected chi connectivity index (χ1v) is 5.96. The molecule has 0 fully saturated rings. The molecule has 2 aromatic heterocycles. The number of H-pyrrole nitrogens is 1. The van der Waals surface area contributed by atoms with E-state index in [1.165, 1.54) is 0 Å². The van der Waals surface area contributed by atoms with Crippen molar-refractivity contribution in [2.75, 3.05) is 0 Å². The van der Waals surface area contributed by atoms with Gasteiger partial charge in [0.25, 0.3) is 0 Å². The van der Waals surface area contributed by atoms with Gasteiger partial charge in [-0.05, 0) is 6.07 Å². The first-order chi connectivity index (χ1) is 9.15. The Morgan fingerprint density at radius 1 is 1.37 bits per heavy atom. The lowest BCUT2D eigenvalue weighted by Crippen LogP contribution is -2.02. The summed E-state index contributed by atoms with van der Waals surface area (Å²) >= 11 is 0. The number of carbonyl (C=O) groups is 1. The second-order valence-corrected chi connectivity index (χ2v) is 4.48. The number of aliphatic carboxylic acids is 1. The summed E-state index contributed by atoms with van der Waals surface area (Å²) in [6.07, 6.45) is 3.68. The van der Waals surface area contributed by atoms with Gasteiger partial charge in [-0.3, -0.25) is 9.48 Å². The summed E-state index contributed by atoms with van der Waals surface area (Å²) in [4.78, 5) is 14.1. The van der Waals surface area contributed by atoms with Gasteiger partial charge < -0.3 is 10.1 Å². The van der Waals surface area contributed by atoms with Gasteiger partial charge in [0.05, 0.1) is 12.1 Å². The van der Waals surface area contributed by atoms with Crippen LogP contribution in [0.15, 0.2) is 36.7 Å². The number of hydrogen-bond acceptors (Lipinski definition) is 2. The first kappa shape index (κ1) is 11.5. The van der Waals surface area contributed by atoms with E-state index < -0.39 is 5.97 Å². The minimum atomic E-state index is -0.875. The number of rotatable bonds is 3. The van der Waals surface area contributed by atoms with Gasteiger partial charge in [-0.15, -0.1) is 0 Å². The SMILES string of the molecule is Cn1cc(-c2c[nH]c3ccccc23)c(CC(=O)O)n1. The van der Waals surface area contributed by atoms with E-state index >= 15 is 0 Å². The molecule has 0 radical (unpaired) electrons. The molecule has 96 valence electrons. The van der Waals surface area contributed by atoms with E-state index in [0.29, 0.717) is 5.69 Å². The molecular formula is C14H13N3O2. The Morgan fingerprint density at radius 3 is 2.95 bits per heavy atom. The van der Waals surface area contributed by atoms with Crippen molar-refractivity contribution in [3.8, 4) is 11.1 Å². The lowest BCUT2D eigenvalue weighted by Gasteiger charge is -1.98. The minimum absolute atomic E-state index is 0.0737. The molecule has 5 heteroatoms. The fourth-order valence-electron chi connectivity index (χ4n) is 2.33. The van der Waals surface area contributed by atoms with Gasteiger partial charge in [-0.1, -0.05) is 18.2 Å². The van der Waals surface area contributed by atoms with E-state index in [-0.39, 0.29) is 6.42 Å². The van der Waals surface area contributed by atoms with E-state index in [9.17, 15) is 4.79 Å². The highest BCUT2D eigenvalue weighted by atomic mass is 16.4. The van der Waals surface area contributed by atoms with Crippen molar-refractivity contribution in [3.05, 3.63) is 42.4 Å². The average Bonchev–Trinajstić information content (AvgIpc) is 2.92. The number of aromatic amines is 1. The number of fused-ring (bicyclic) bond motifs is 1. The van der Waals surface area contributed by atoms with Gasteiger partial charge in [0.15, 0.2) is 0 Å². The molecule has 0 saturated heterocycles. The topological polar surface area (TPSA) is 70.9 Å². The van der Waals surface area contributed by atoms with Crippen LogP contribution in [0.4, 0.5) is 0 Å². The normalized spacial score (nSPS) is 11.0. The van der Waals surface area contributed by atoms with Gasteiger partial charge in [0.2, 0.25) is 0 Å². The molecule has 3 aromatic rings. The molecule has 19 heavy (non-hydrogen) atoms. The zero-order valence-electron chi connectivity index (χ0n) is 10.4. The van der Waals surface area contributed by atoms with Gasteiger partial charge >= 0.3 is 5.97 Å². The summed E-state index contributed by atoms with van der Waals surface area (Å²) < 4.78 is 1.65. The Kier molecular flexibility index (Phi) is 2.59. The molecule has 0 spiro atoms. The van der Waals surface area contributed by atoms with Crippen molar-refractivity contribution in [1.29, 1.82) is 0 Å².